The zero-order chi connectivity index (χ0) is 10.7. The van der Waals surface area contributed by atoms with Crippen LogP contribution in [0.15, 0.2) is 0 Å². The van der Waals surface area contributed by atoms with Gasteiger partial charge in [-0.2, -0.15) is 0 Å². The Bertz CT molecular complexity index is 182. The van der Waals surface area contributed by atoms with Crippen LogP contribution >= 0.6 is 0 Å². The van der Waals surface area contributed by atoms with Gasteiger partial charge in [0, 0.05) is 12.1 Å². The van der Waals surface area contributed by atoms with E-state index < -0.39 is 11.6 Å². The van der Waals surface area contributed by atoms with Gasteiger partial charge in [0.2, 0.25) is 0 Å². The summed E-state index contributed by atoms with van der Waals surface area (Å²) in [6.07, 6.45) is -0.240. The van der Waals surface area contributed by atoms with E-state index >= 15 is 0 Å². The maximum atomic E-state index is 10.4. The Hall–Kier alpha value is -0.610. The van der Waals surface area contributed by atoms with Crippen LogP contribution in [-0.4, -0.2) is 33.9 Å². The van der Waals surface area contributed by atoms with Gasteiger partial charge < -0.3 is 15.5 Å². The van der Waals surface area contributed by atoms with E-state index in [0.717, 1.165) is 0 Å². The number of hydrogen-bond acceptors (Lipinski definition) is 3. The molecule has 0 aromatic rings. The second-order valence-corrected chi connectivity index (χ2v) is 4.67. The molecule has 0 aliphatic carbocycles. The van der Waals surface area contributed by atoms with E-state index in [2.05, 4.69) is 5.32 Å². The molecule has 4 nitrogen and oxygen atoms in total. The maximum absolute atomic E-state index is 10.4. The van der Waals surface area contributed by atoms with Gasteiger partial charge in [0.1, 0.15) is 0 Å². The summed E-state index contributed by atoms with van der Waals surface area (Å²) in [4.78, 5) is 10.4. The number of carboxylic acid groups (broad SMARTS) is 1. The Morgan fingerprint density at radius 3 is 2.08 bits per heavy atom. The lowest BCUT2D eigenvalue weighted by molar-refractivity contribution is -0.141. The smallest absolute Gasteiger partial charge is 0.306 e. The summed E-state index contributed by atoms with van der Waals surface area (Å²) < 4.78 is 0. The summed E-state index contributed by atoms with van der Waals surface area (Å²) in [7, 11) is 0. The Labute approximate surface area is 79.0 Å². The van der Waals surface area contributed by atoms with Crippen LogP contribution in [0.4, 0.5) is 0 Å². The third-order valence-corrected chi connectivity index (χ3v) is 1.53. The number of nitrogens with one attached hydrogen (secondary N) is 1. The van der Waals surface area contributed by atoms with Crippen molar-refractivity contribution < 1.29 is 15.0 Å². The van der Waals surface area contributed by atoms with E-state index in [4.69, 9.17) is 5.11 Å². The fourth-order valence-electron chi connectivity index (χ4n) is 0.844. The summed E-state index contributed by atoms with van der Waals surface area (Å²) >= 11 is 0. The first-order valence-corrected chi connectivity index (χ1v) is 4.32. The molecule has 4 heteroatoms. The molecular formula is C9H19NO3. The first kappa shape index (κ1) is 12.4. The summed E-state index contributed by atoms with van der Waals surface area (Å²) in [6.45, 7) is 7.68. The van der Waals surface area contributed by atoms with E-state index in [0.29, 0.717) is 0 Å². The molecule has 0 rings (SSSR count). The number of β-amino-alcohol motifs (C(OH)–C–C–N with tert-alkyl or cyclic N) is 1. The molecule has 13 heavy (non-hydrogen) atoms. The molecule has 0 bridgehead atoms. The summed E-state index contributed by atoms with van der Waals surface area (Å²) in [5.41, 5.74) is -1.29. The van der Waals surface area contributed by atoms with Gasteiger partial charge in [-0.15, -0.1) is 0 Å². The number of aliphatic hydroxyl groups is 1. The Morgan fingerprint density at radius 1 is 1.31 bits per heavy atom. The Morgan fingerprint density at radius 2 is 1.77 bits per heavy atom. The average Bonchev–Trinajstić information content (AvgIpc) is 1.79. The highest BCUT2D eigenvalue weighted by Gasteiger charge is 2.25. The molecule has 0 radical (unpaired) electrons. The summed E-state index contributed by atoms with van der Waals surface area (Å²) in [5, 5.41) is 21.1. The molecule has 0 fully saturated rings. The highest BCUT2D eigenvalue weighted by Crippen LogP contribution is 2.09. The first-order valence-electron chi connectivity index (χ1n) is 4.32. The van der Waals surface area contributed by atoms with Crippen molar-refractivity contribution in [1.29, 1.82) is 0 Å². The fourth-order valence-corrected chi connectivity index (χ4v) is 0.844. The number of aliphatic carboxylic acids is 1. The van der Waals surface area contributed by atoms with Crippen molar-refractivity contribution >= 4 is 5.97 Å². The number of rotatable bonds is 4. The van der Waals surface area contributed by atoms with Crippen molar-refractivity contribution in [2.75, 3.05) is 6.54 Å². The quantitative estimate of drug-likeness (QED) is 0.605. The van der Waals surface area contributed by atoms with Crippen LogP contribution in [0.5, 0.6) is 0 Å². The van der Waals surface area contributed by atoms with Crippen LogP contribution in [0.3, 0.4) is 0 Å². The van der Waals surface area contributed by atoms with E-state index in [-0.39, 0.29) is 18.5 Å². The van der Waals surface area contributed by atoms with E-state index in [9.17, 15) is 9.90 Å². The molecule has 3 N–H and O–H groups in total. The lowest BCUT2D eigenvalue weighted by Crippen LogP contribution is -2.47. The zero-order valence-corrected chi connectivity index (χ0v) is 8.72. The molecule has 1 atom stereocenters. The molecule has 0 saturated heterocycles. The van der Waals surface area contributed by atoms with Gasteiger partial charge in [-0.3, -0.25) is 4.79 Å². The molecule has 0 aromatic heterocycles. The lowest BCUT2D eigenvalue weighted by Gasteiger charge is -2.28. The first-order chi connectivity index (χ1) is 5.62. The van der Waals surface area contributed by atoms with Crippen molar-refractivity contribution in [3.63, 3.8) is 0 Å². The van der Waals surface area contributed by atoms with Crippen molar-refractivity contribution in [3.05, 3.63) is 0 Å². The molecule has 0 aliphatic heterocycles. The van der Waals surface area contributed by atoms with Gasteiger partial charge in [-0.05, 0) is 27.7 Å². The van der Waals surface area contributed by atoms with Crippen LogP contribution in [0.25, 0.3) is 0 Å². The van der Waals surface area contributed by atoms with Crippen LogP contribution in [0.2, 0.25) is 0 Å². The highest BCUT2D eigenvalue weighted by molar-refractivity contribution is 5.68. The van der Waals surface area contributed by atoms with Gasteiger partial charge in [0.05, 0.1) is 12.0 Å². The normalized spacial score (nSPS) is 16.7. The fraction of sp³-hybridized carbons (Fsp3) is 0.889. The zero-order valence-electron chi connectivity index (χ0n) is 8.72. The SMILES string of the molecule is CC(O)(CNC(C)(C)C)CC(=O)O. The van der Waals surface area contributed by atoms with E-state index in [1.165, 1.54) is 6.92 Å². The molecule has 0 heterocycles. The molecule has 0 spiro atoms. The molecule has 78 valence electrons. The van der Waals surface area contributed by atoms with Crippen LogP contribution in [-0.2, 0) is 4.79 Å². The maximum Gasteiger partial charge on any atom is 0.306 e. The number of carboxylic acids is 1. The van der Waals surface area contributed by atoms with Gasteiger partial charge in [0.15, 0.2) is 0 Å². The lowest BCUT2D eigenvalue weighted by atomic mass is 10.0. The van der Waals surface area contributed by atoms with Crippen molar-refractivity contribution in [2.24, 2.45) is 0 Å². The van der Waals surface area contributed by atoms with Crippen LogP contribution < -0.4 is 5.32 Å². The predicted octanol–water partition coefficient (Wildman–Crippen LogP) is 0.600. The standard InChI is InChI=1S/C9H19NO3/c1-8(2,3)10-6-9(4,13)5-7(11)12/h10,13H,5-6H2,1-4H3,(H,11,12). The Kier molecular flexibility index (Phi) is 3.88. The molecule has 0 saturated carbocycles. The third kappa shape index (κ3) is 7.74. The van der Waals surface area contributed by atoms with Crippen molar-refractivity contribution in [3.8, 4) is 0 Å². The molecule has 1 unspecified atom stereocenters. The second-order valence-electron chi connectivity index (χ2n) is 4.67. The predicted molar refractivity (Wildman–Crippen MR) is 50.6 cm³/mol. The molecular weight excluding hydrogens is 170 g/mol. The van der Waals surface area contributed by atoms with Gasteiger partial charge in [0.25, 0.3) is 0 Å². The topological polar surface area (TPSA) is 69.6 Å². The third-order valence-electron chi connectivity index (χ3n) is 1.53. The largest absolute Gasteiger partial charge is 0.481 e. The summed E-state index contributed by atoms with van der Waals surface area (Å²) in [5.74, 6) is -0.985. The summed E-state index contributed by atoms with van der Waals surface area (Å²) in [6, 6.07) is 0. The van der Waals surface area contributed by atoms with Gasteiger partial charge >= 0.3 is 5.97 Å². The number of hydrogen-bond donors (Lipinski definition) is 3. The average molecular weight is 189 g/mol. The molecule has 0 amide bonds. The van der Waals surface area contributed by atoms with E-state index in [1.54, 1.807) is 0 Å². The van der Waals surface area contributed by atoms with Gasteiger partial charge in [-0.1, -0.05) is 0 Å². The van der Waals surface area contributed by atoms with Crippen molar-refractivity contribution in [2.45, 2.75) is 45.3 Å². The molecule has 0 aromatic carbocycles. The highest BCUT2D eigenvalue weighted by atomic mass is 16.4. The second kappa shape index (κ2) is 4.07. The van der Waals surface area contributed by atoms with Crippen LogP contribution in [0, 0.1) is 0 Å². The minimum Gasteiger partial charge on any atom is -0.481 e. The minimum atomic E-state index is -1.18. The van der Waals surface area contributed by atoms with E-state index in [1.807, 2.05) is 20.8 Å². The van der Waals surface area contributed by atoms with Crippen LogP contribution in [0.1, 0.15) is 34.1 Å². The number of carbonyl (C=O) groups is 1. The monoisotopic (exact) mass is 189 g/mol. The van der Waals surface area contributed by atoms with Gasteiger partial charge in [-0.25, -0.2) is 0 Å². The Balaban J connectivity index is 3.96. The van der Waals surface area contributed by atoms with Crippen molar-refractivity contribution in [1.82, 2.24) is 5.32 Å². The minimum absolute atomic E-state index is 0.109. The molecule has 0 aliphatic rings.